The van der Waals surface area contributed by atoms with Crippen molar-refractivity contribution in [1.29, 1.82) is 0 Å². The van der Waals surface area contributed by atoms with Crippen LogP contribution in [0.5, 0.6) is 0 Å². The van der Waals surface area contributed by atoms with E-state index in [1.807, 2.05) is 12.1 Å². The predicted octanol–water partition coefficient (Wildman–Crippen LogP) is 2.77. The second kappa shape index (κ2) is 5.84. The van der Waals surface area contributed by atoms with Gasteiger partial charge in [0.2, 0.25) is 0 Å². The van der Waals surface area contributed by atoms with Crippen LogP contribution in [0.4, 0.5) is 5.69 Å². The lowest BCUT2D eigenvalue weighted by Gasteiger charge is -2.05. The maximum Gasteiger partial charge on any atom is 0.251 e. The molecule has 0 bridgehead atoms. The summed E-state index contributed by atoms with van der Waals surface area (Å²) in [7, 11) is 1.61. The van der Waals surface area contributed by atoms with Gasteiger partial charge >= 0.3 is 0 Å². The normalized spacial score (nSPS) is 10.1. The fraction of sp³-hybridized carbons (Fsp3) is 0.167. The van der Waals surface area contributed by atoms with E-state index in [9.17, 15) is 4.79 Å². The second-order valence-electron chi connectivity index (χ2n) is 3.59. The summed E-state index contributed by atoms with van der Waals surface area (Å²) in [4.78, 5) is 16.4. The van der Waals surface area contributed by atoms with Crippen LogP contribution in [0.25, 0.3) is 0 Å². The van der Waals surface area contributed by atoms with Crippen LogP contribution in [0.2, 0.25) is 4.47 Å². The number of carbonyl (C=O) groups excluding carboxylic acids is 1. The van der Waals surface area contributed by atoms with Gasteiger partial charge in [0.05, 0.1) is 6.54 Å². The summed E-state index contributed by atoms with van der Waals surface area (Å²) in [6, 6.07) is 7.29. The highest BCUT2D eigenvalue weighted by atomic mass is 35.5. The van der Waals surface area contributed by atoms with Crippen LogP contribution in [0.1, 0.15) is 15.2 Å². The van der Waals surface area contributed by atoms with Gasteiger partial charge in [-0.05, 0) is 24.3 Å². The molecular weight excluding hydrogens is 270 g/mol. The van der Waals surface area contributed by atoms with Crippen LogP contribution in [0, 0.1) is 0 Å². The number of benzene rings is 1. The van der Waals surface area contributed by atoms with Crippen LogP contribution >= 0.6 is 22.9 Å². The lowest BCUT2D eigenvalue weighted by Crippen LogP contribution is -2.17. The molecule has 2 rings (SSSR count). The number of nitrogens with zero attached hydrogens (tertiary/aromatic N) is 1. The van der Waals surface area contributed by atoms with Crippen molar-refractivity contribution in [3.05, 3.63) is 45.4 Å². The van der Waals surface area contributed by atoms with Crippen molar-refractivity contribution in [3.8, 4) is 0 Å². The van der Waals surface area contributed by atoms with Gasteiger partial charge in [0.1, 0.15) is 0 Å². The molecular formula is C12H12ClN3OS. The summed E-state index contributed by atoms with van der Waals surface area (Å²) < 4.78 is 0.543. The molecule has 0 saturated heterocycles. The zero-order chi connectivity index (χ0) is 13.0. The Labute approximate surface area is 114 Å². The zero-order valence-corrected chi connectivity index (χ0v) is 11.3. The highest BCUT2D eigenvalue weighted by molar-refractivity contribution is 7.15. The highest BCUT2D eigenvalue weighted by Crippen LogP contribution is 2.19. The summed E-state index contributed by atoms with van der Waals surface area (Å²) in [6.45, 7) is 0.670. The lowest BCUT2D eigenvalue weighted by molar-refractivity contribution is 0.0963. The predicted molar refractivity (Wildman–Crippen MR) is 74.3 cm³/mol. The smallest absolute Gasteiger partial charge is 0.251 e. The van der Waals surface area contributed by atoms with Crippen molar-refractivity contribution in [2.75, 3.05) is 12.4 Å². The summed E-state index contributed by atoms with van der Waals surface area (Å²) in [5, 5.41) is 5.82. The third-order valence-corrected chi connectivity index (χ3v) is 3.48. The van der Waals surface area contributed by atoms with E-state index < -0.39 is 0 Å². The fourth-order valence-electron chi connectivity index (χ4n) is 1.44. The van der Waals surface area contributed by atoms with E-state index >= 15 is 0 Å². The summed E-state index contributed by atoms with van der Waals surface area (Å²) in [6.07, 6.45) is 1.75. The molecule has 0 atom stereocenters. The first-order valence-electron chi connectivity index (χ1n) is 5.35. The summed E-state index contributed by atoms with van der Waals surface area (Å²) in [5.74, 6) is -0.0872. The molecule has 1 heterocycles. The third-order valence-electron chi connectivity index (χ3n) is 2.37. The Morgan fingerprint density at radius 3 is 2.67 bits per heavy atom. The van der Waals surface area contributed by atoms with Gasteiger partial charge in [-0.3, -0.25) is 4.79 Å². The van der Waals surface area contributed by atoms with Gasteiger partial charge in [-0.25, -0.2) is 4.98 Å². The average molecular weight is 282 g/mol. The first-order valence-corrected chi connectivity index (χ1v) is 6.54. The number of nitrogens with one attached hydrogen (secondary N) is 2. The molecule has 94 valence electrons. The van der Waals surface area contributed by atoms with Gasteiger partial charge in [-0.2, -0.15) is 0 Å². The molecule has 0 radical (unpaired) electrons. The molecule has 4 nitrogen and oxygen atoms in total. The van der Waals surface area contributed by atoms with Crippen molar-refractivity contribution in [1.82, 2.24) is 10.3 Å². The average Bonchev–Trinajstić information content (AvgIpc) is 2.82. The maximum atomic E-state index is 11.4. The standard InChI is InChI=1S/C12H12ClN3OS/c1-14-11(17)8-2-4-9(5-3-8)15-6-10-7-16-12(13)18-10/h2-5,7,15H,6H2,1H3,(H,14,17). The van der Waals surface area contributed by atoms with Gasteiger partial charge in [0.15, 0.2) is 4.47 Å². The van der Waals surface area contributed by atoms with Crippen molar-refractivity contribution < 1.29 is 4.79 Å². The van der Waals surface area contributed by atoms with Crippen LogP contribution in [-0.2, 0) is 6.54 Å². The molecule has 6 heteroatoms. The minimum atomic E-state index is -0.0872. The number of aromatic nitrogens is 1. The Bertz CT molecular complexity index is 539. The third kappa shape index (κ3) is 3.21. The molecule has 18 heavy (non-hydrogen) atoms. The molecule has 2 aromatic rings. The molecule has 0 unspecified atom stereocenters. The van der Waals surface area contributed by atoms with Gasteiger partial charge in [-0.15, -0.1) is 11.3 Å². The fourth-order valence-corrected chi connectivity index (χ4v) is 2.36. The van der Waals surface area contributed by atoms with E-state index in [0.717, 1.165) is 10.6 Å². The minimum Gasteiger partial charge on any atom is -0.380 e. The minimum absolute atomic E-state index is 0.0872. The number of carbonyl (C=O) groups is 1. The monoisotopic (exact) mass is 281 g/mol. The molecule has 2 N–H and O–H groups in total. The quantitative estimate of drug-likeness (QED) is 0.906. The van der Waals surface area contributed by atoms with E-state index in [0.29, 0.717) is 16.6 Å². The number of amides is 1. The Hall–Kier alpha value is -1.59. The lowest BCUT2D eigenvalue weighted by atomic mass is 10.2. The highest BCUT2D eigenvalue weighted by Gasteiger charge is 2.03. The van der Waals surface area contributed by atoms with Crippen molar-refractivity contribution >= 4 is 34.5 Å². The molecule has 0 aliphatic rings. The Balaban J connectivity index is 1.96. The van der Waals surface area contributed by atoms with Gasteiger partial charge in [0, 0.05) is 29.4 Å². The van der Waals surface area contributed by atoms with E-state index in [1.54, 1.807) is 25.4 Å². The summed E-state index contributed by atoms with van der Waals surface area (Å²) in [5.41, 5.74) is 1.59. The van der Waals surface area contributed by atoms with E-state index in [-0.39, 0.29) is 5.91 Å². The first-order chi connectivity index (χ1) is 8.69. The first kappa shape index (κ1) is 12.9. The van der Waals surface area contributed by atoms with Gasteiger partial charge in [0.25, 0.3) is 5.91 Å². The molecule has 0 fully saturated rings. The molecule has 0 saturated carbocycles. The molecule has 1 amide bonds. The molecule has 0 aliphatic heterocycles. The SMILES string of the molecule is CNC(=O)c1ccc(NCc2cnc(Cl)s2)cc1. The molecule has 1 aromatic heterocycles. The van der Waals surface area contributed by atoms with Crippen molar-refractivity contribution in [2.45, 2.75) is 6.54 Å². The van der Waals surface area contributed by atoms with Crippen LogP contribution < -0.4 is 10.6 Å². The van der Waals surface area contributed by atoms with E-state index in [1.165, 1.54) is 11.3 Å². The summed E-state index contributed by atoms with van der Waals surface area (Å²) >= 11 is 7.20. The molecule has 1 aromatic carbocycles. The Kier molecular flexibility index (Phi) is 4.17. The topological polar surface area (TPSA) is 54.0 Å². The van der Waals surface area contributed by atoms with Crippen LogP contribution in [0.3, 0.4) is 0 Å². The van der Waals surface area contributed by atoms with Gasteiger partial charge in [-0.1, -0.05) is 11.6 Å². The maximum absolute atomic E-state index is 11.4. The number of hydrogen-bond acceptors (Lipinski definition) is 4. The van der Waals surface area contributed by atoms with Crippen LogP contribution in [-0.4, -0.2) is 17.9 Å². The largest absolute Gasteiger partial charge is 0.380 e. The number of halogens is 1. The van der Waals surface area contributed by atoms with Crippen LogP contribution in [0.15, 0.2) is 30.5 Å². The van der Waals surface area contributed by atoms with E-state index in [2.05, 4.69) is 15.6 Å². The van der Waals surface area contributed by atoms with Crippen molar-refractivity contribution in [2.24, 2.45) is 0 Å². The van der Waals surface area contributed by atoms with Crippen molar-refractivity contribution in [3.63, 3.8) is 0 Å². The second-order valence-corrected chi connectivity index (χ2v) is 5.29. The Morgan fingerprint density at radius 2 is 2.11 bits per heavy atom. The van der Waals surface area contributed by atoms with E-state index in [4.69, 9.17) is 11.6 Å². The Morgan fingerprint density at radius 1 is 1.39 bits per heavy atom. The zero-order valence-electron chi connectivity index (χ0n) is 9.74. The number of anilines is 1. The number of rotatable bonds is 4. The number of hydrogen-bond donors (Lipinski definition) is 2. The molecule has 0 aliphatic carbocycles. The number of thiazole rings is 1. The van der Waals surface area contributed by atoms with Gasteiger partial charge < -0.3 is 10.6 Å². The molecule has 0 spiro atoms.